The maximum Gasteiger partial charge on any atom is 0.244 e. The van der Waals surface area contributed by atoms with Gasteiger partial charge in [-0.2, -0.15) is 5.10 Å². The van der Waals surface area contributed by atoms with E-state index in [-0.39, 0.29) is 11.9 Å². The van der Waals surface area contributed by atoms with Crippen molar-refractivity contribution in [2.75, 3.05) is 24.1 Å². The van der Waals surface area contributed by atoms with Crippen molar-refractivity contribution < 1.29 is 4.79 Å². The highest BCUT2D eigenvalue weighted by molar-refractivity contribution is 5.85. The minimum atomic E-state index is -0.278. The molecule has 112 valence electrons. The molecule has 0 bridgehead atoms. The van der Waals surface area contributed by atoms with E-state index < -0.39 is 0 Å². The lowest BCUT2D eigenvalue weighted by Gasteiger charge is -2.22. The van der Waals surface area contributed by atoms with Crippen LogP contribution in [0.1, 0.15) is 38.8 Å². The molecule has 0 spiro atoms. The molecule has 1 fully saturated rings. The first-order chi connectivity index (χ1) is 9.54. The van der Waals surface area contributed by atoms with Gasteiger partial charge in [-0.25, -0.2) is 0 Å². The molecule has 1 aliphatic heterocycles. The predicted molar refractivity (Wildman–Crippen MR) is 80.5 cm³/mol. The third kappa shape index (κ3) is 2.89. The van der Waals surface area contributed by atoms with E-state index in [1.165, 1.54) is 0 Å². The van der Waals surface area contributed by atoms with Crippen LogP contribution in [-0.2, 0) is 18.3 Å². The zero-order chi connectivity index (χ0) is 14.7. The van der Waals surface area contributed by atoms with Crippen LogP contribution in [0.3, 0.4) is 0 Å². The Bertz CT molecular complexity index is 476. The summed E-state index contributed by atoms with van der Waals surface area (Å²) in [6.07, 6.45) is 4.07. The second-order valence-electron chi connectivity index (χ2n) is 5.48. The third-order valence-electron chi connectivity index (χ3n) is 3.79. The van der Waals surface area contributed by atoms with Gasteiger partial charge in [-0.15, -0.1) is 0 Å². The number of anilines is 2. The Hall–Kier alpha value is -1.72. The average Bonchev–Trinajstić information content (AvgIpc) is 3.03. The number of nitrogens with two attached hydrogens (primary N) is 1. The van der Waals surface area contributed by atoms with Crippen molar-refractivity contribution in [3.8, 4) is 0 Å². The standard InChI is InChI=1S/C14H25N5O/c1-4-7-11-12(15)13(18(3)17-11)16-10(2)14(20)19-8-5-6-9-19/h10,16H,4-9,15H2,1-3H3. The van der Waals surface area contributed by atoms with Crippen LogP contribution in [0.5, 0.6) is 0 Å². The summed E-state index contributed by atoms with van der Waals surface area (Å²) in [7, 11) is 1.85. The molecule has 1 aromatic heterocycles. The monoisotopic (exact) mass is 279 g/mol. The van der Waals surface area contributed by atoms with Gasteiger partial charge in [0.05, 0.1) is 11.4 Å². The highest BCUT2D eigenvalue weighted by atomic mass is 16.2. The molecular formula is C14H25N5O. The Morgan fingerprint density at radius 2 is 2.10 bits per heavy atom. The fourth-order valence-corrected chi connectivity index (χ4v) is 2.67. The summed E-state index contributed by atoms with van der Waals surface area (Å²) < 4.78 is 1.73. The number of carbonyl (C=O) groups excluding carboxylic acids is 1. The van der Waals surface area contributed by atoms with E-state index in [4.69, 9.17) is 5.73 Å². The minimum absolute atomic E-state index is 0.139. The van der Waals surface area contributed by atoms with E-state index in [0.717, 1.165) is 50.3 Å². The Morgan fingerprint density at radius 1 is 1.45 bits per heavy atom. The van der Waals surface area contributed by atoms with Crippen molar-refractivity contribution in [1.29, 1.82) is 0 Å². The maximum absolute atomic E-state index is 12.3. The zero-order valence-electron chi connectivity index (χ0n) is 12.6. The Kier molecular flexibility index (Phi) is 4.52. The molecule has 2 heterocycles. The van der Waals surface area contributed by atoms with Crippen molar-refractivity contribution in [2.24, 2.45) is 7.05 Å². The molecule has 1 unspecified atom stereocenters. The molecule has 2 rings (SSSR count). The van der Waals surface area contributed by atoms with E-state index in [0.29, 0.717) is 5.69 Å². The van der Waals surface area contributed by atoms with E-state index in [9.17, 15) is 4.79 Å². The van der Waals surface area contributed by atoms with Gasteiger partial charge in [-0.3, -0.25) is 9.48 Å². The molecule has 0 radical (unpaired) electrons. The minimum Gasteiger partial charge on any atom is -0.394 e. The highest BCUT2D eigenvalue weighted by Crippen LogP contribution is 2.24. The molecule has 0 saturated carbocycles. The van der Waals surface area contributed by atoms with Crippen molar-refractivity contribution in [3.63, 3.8) is 0 Å². The van der Waals surface area contributed by atoms with Crippen LogP contribution in [0, 0.1) is 0 Å². The smallest absolute Gasteiger partial charge is 0.244 e. The second kappa shape index (κ2) is 6.15. The molecule has 1 atom stereocenters. The summed E-state index contributed by atoms with van der Waals surface area (Å²) in [4.78, 5) is 14.2. The number of nitrogens with zero attached hydrogens (tertiary/aromatic N) is 3. The largest absolute Gasteiger partial charge is 0.394 e. The first kappa shape index (κ1) is 14.7. The Labute approximate surface area is 120 Å². The van der Waals surface area contributed by atoms with Gasteiger partial charge in [-0.05, 0) is 26.2 Å². The maximum atomic E-state index is 12.3. The molecule has 6 heteroatoms. The van der Waals surface area contributed by atoms with Crippen LogP contribution >= 0.6 is 0 Å². The van der Waals surface area contributed by atoms with E-state index in [2.05, 4.69) is 17.3 Å². The van der Waals surface area contributed by atoms with Crippen molar-refractivity contribution >= 4 is 17.4 Å². The highest BCUT2D eigenvalue weighted by Gasteiger charge is 2.25. The first-order valence-corrected chi connectivity index (χ1v) is 7.41. The number of rotatable bonds is 5. The molecule has 20 heavy (non-hydrogen) atoms. The topological polar surface area (TPSA) is 76.2 Å². The van der Waals surface area contributed by atoms with Crippen LogP contribution < -0.4 is 11.1 Å². The molecule has 0 aromatic carbocycles. The van der Waals surface area contributed by atoms with Gasteiger partial charge in [-0.1, -0.05) is 13.3 Å². The third-order valence-corrected chi connectivity index (χ3v) is 3.79. The lowest BCUT2D eigenvalue weighted by Crippen LogP contribution is -2.40. The van der Waals surface area contributed by atoms with Crippen LogP contribution in [-0.4, -0.2) is 39.7 Å². The van der Waals surface area contributed by atoms with Crippen molar-refractivity contribution in [3.05, 3.63) is 5.69 Å². The summed E-state index contributed by atoms with van der Waals surface area (Å²) in [5.74, 6) is 0.883. The van der Waals surface area contributed by atoms with Gasteiger partial charge in [0.15, 0.2) is 0 Å². The quantitative estimate of drug-likeness (QED) is 0.853. The van der Waals surface area contributed by atoms with Gasteiger partial charge in [0.1, 0.15) is 11.9 Å². The number of carbonyl (C=O) groups is 1. The summed E-state index contributed by atoms with van der Waals surface area (Å²) in [6.45, 7) is 5.72. The molecule has 1 saturated heterocycles. The number of amides is 1. The number of likely N-dealkylation sites (tertiary alicyclic amines) is 1. The number of aromatic nitrogens is 2. The zero-order valence-corrected chi connectivity index (χ0v) is 12.6. The summed E-state index contributed by atoms with van der Waals surface area (Å²) in [5.41, 5.74) is 7.69. The lowest BCUT2D eigenvalue weighted by atomic mass is 10.2. The SMILES string of the molecule is CCCc1nn(C)c(NC(C)C(=O)N2CCCC2)c1N. The lowest BCUT2D eigenvalue weighted by molar-refractivity contribution is -0.130. The Balaban J connectivity index is 2.07. The average molecular weight is 279 g/mol. The van der Waals surface area contributed by atoms with E-state index in [1.54, 1.807) is 4.68 Å². The van der Waals surface area contributed by atoms with Crippen LogP contribution in [0.25, 0.3) is 0 Å². The van der Waals surface area contributed by atoms with Gasteiger partial charge in [0, 0.05) is 20.1 Å². The number of nitrogens with one attached hydrogen (secondary N) is 1. The van der Waals surface area contributed by atoms with Crippen LogP contribution in [0.2, 0.25) is 0 Å². The molecule has 0 aliphatic carbocycles. The summed E-state index contributed by atoms with van der Waals surface area (Å²) >= 11 is 0. The first-order valence-electron chi connectivity index (χ1n) is 7.41. The van der Waals surface area contributed by atoms with E-state index in [1.807, 2.05) is 18.9 Å². The number of hydrogen-bond donors (Lipinski definition) is 2. The van der Waals surface area contributed by atoms with E-state index >= 15 is 0 Å². The van der Waals surface area contributed by atoms with Crippen LogP contribution in [0.15, 0.2) is 0 Å². The predicted octanol–water partition coefficient (Wildman–Crippen LogP) is 1.38. The number of hydrogen-bond acceptors (Lipinski definition) is 4. The molecule has 1 aliphatic rings. The number of aryl methyl sites for hydroxylation is 2. The van der Waals surface area contributed by atoms with Gasteiger partial charge >= 0.3 is 0 Å². The van der Waals surface area contributed by atoms with Gasteiger partial charge in [0.25, 0.3) is 0 Å². The fraction of sp³-hybridized carbons (Fsp3) is 0.714. The van der Waals surface area contributed by atoms with Gasteiger partial charge in [0.2, 0.25) is 5.91 Å². The van der Waals surface area contributed by atoms with Crippen molar-refractivity contribution in [1.82, 2.24) is 14.7 Å². The molecular weight excluding hydrogens is 254 g/mol. The number of nitrogen functional groups attached to an aromatic ring is 1. The summed E-state index contributed by atoms with van der Waals surface area (Å²) in [6, 6.07) is -0.278. The molecule has 3 N–H and O–H groups in total. The fourth-order valence-electron chi connectivity index (χ4n) is 2.67. The van der Waals surface area contributed by atoms with Gasteiger partial charge < -0.3 is 16.0 Å². The Morgan fingerprint density at radius 3 is 2.70 bits per heavy atom. The molecule has 1 aromatic rings. The second-order valence-corrected chi connectivity index (χ2v) is 5.48. The molecule has 1 amide bonds. The van der Waals surface area contributed by atoms with Crippen molar-refractivity contribution in [2.45, 2.75) is 45.6 Å². The van der Waals surface area contributed by atoms with Crippen LogP contribution in [0.4, 0.5) is 11.5 Å². The summed E-state index contributed by atoms with van der Waals surface area (Å²) in [5, 5.41) is 7.63. The normalized spacial score (nSPS) is 16.4. The molecule has 6 nitrogen and oxygen atoms in total.